The predicted molar refractivity (Wildman–Crippen MR) is 115 cm³/mol. The van der Waals surface area contributed by atoms with Crippen LogP contribution in [0.2, 0.25) is 0 Å². The van der Waals surface area contributed by atoms with Crippen LogP contribution in [0.25, 0.3) is 11.0 Å². The van der Waals surface area contributed by atoms with Crippen LogP contribution < -0.4 is 15.8 Å². The molecule has 0 saturated carbocycles. The monoisotopic (exact) mass is 412 g/mol. The molecule has 4 rings (SSSR count). The summed E-state index contributed by atoms with van der Waals surface area (Å²) in [5.74, 6) is -1.05. The Morgan fingerprint density at radius 3 is 2.45 bits per heavy atom. The van der Waals surface area contributed by atoms with Crippen molar-refractivity contribution in [3.8, 4) is 5.75 Å². The summed E-state index contributed by atoms with van der Waals surface area (Å²) in [7, 11) is 0. The lowest BCUT2D eigenvalue weighted by Gasteiger charge is -2.07. The van der Waals surface area contributed by atoms with Crippen LogP contribution in [0.5, 0.6) is 5.75 Å². The van der Waals surface area contributed by atoms with Gasteiger partial charge in [-0.2, -0.15) is 5.10 Å². The van der Waals surface area contributed by atoms with Gasteiger partial charge in [0.25, 0.3) is 5.91 Å². The maximum absolute atomic E-state index is 12.6. The Bertz CT molecular complexity index is 1340. The van der Waals surface area contributed by atoms with Gasteiger partial charge in [0.05, 0.1) is 6.21 Å². The minimum absolute atomic E-state index is 0.178. The molecule has 0 bridgehead atoms. The number of esters is 1. The molecule has 0 atom stereocenters. The fourth-order valence-corrected chi connectivity index (χ4v) is 2.85. The van der Waals surface area contributed by atoms with E-state index in [4.69, 9.17) is 9.15 Å². The molecule has 0 unspecified atom stereocenters. The Labute approximate surface area is 176 Å². The zero-order chi connectivity index (χ0) is 21.6. The van der Waals surface area contributed by atoms with E-state index in [1.165, 1.54) is 12.3 Å². The average molecular weight is 412 g/mol. The van der Waals surface area contributed by atoms with Crippen LogP contribution in [0.1, 0.15) is 26.3 Å². The molecule has 7 heteroatoms. The first kappa shape index (κ1) is 19.8. The molecule has 1 heterocycles. The molecule has 1 amide bonds. The third-order valence-corrected chi connectivity index (χ3v) is 4.39. The first-order chi connectivity index (χ1) is 15.1. The topological polar surface area (TPSA) is 98.0 Å². The van der Waals surface area contributed by atoms with Crippen LogP contribution in [-0.4, -0.2) is 18.1 Å². The van der Waals surface area contributed by atoms with Crippen molar-refractivity contribution in [2.45, 2.75) is 0 Å². The number of carbonyl (C=O) groups excluding carboxylic acids is 2. The number of hydrogen-bond acceptors (Lipinski definition) is 6. The molecule has 3 aromatic carbocycles. The Balaban J connectivity index is 1.52. The van der Waals surface area contributed by atoms with Crippen molar-refractivity contribution < 1.29 is 18.7 Å². The van der Waals surface area contributed by atoms with Gasteiger partial charge in [0.1, 0.15) is 16.9 Å². The van der Waals surface area contributed by atoms with Gasteiger partial charge in [0.15, 0.2) is 0 Å². The Morgan fingerprint density at radius 1 is 0.903 bits per heavy atom. The predicted octanol–water partition coefficient (Wildman–Crippen LogP) is 3.78. The van der Waals surface area contributed by atoms with Crippen LogP contribution in [0, 0.1) is 0 Å². The lowest BCUT2D eigenvalue weighted by Crippen LogP contribution is -2.19. The molecule has 1 N–H and O–H groups in total. The molecule has 0 radical (unpaired) electrons. The molecule has 1 aromatic heterocycles. The second kappa shape index (κ2) is 8.87. The number of carbonyl (C=O) groups is 2. The molecular weight excluding hydrogens is 396 g/mol. The lowest BCUT2D eigenvalue weighted by molar-refractivity contribution is 0.0730. The van der Waals surface area contributed by atoms with Gasteiger partial charge in [0, 0.05) is 16.5 Å². The van der Waals surface area contributed by atoms with E-state index in [1.54, 1.807) is 78.9 Å². The second-order valence-electron chi connectivity index (χ2n) is 6.48. The van der Waals surface area contributed by atoms with E-state index in [-0.39, 0.29) is 17.2 Å². The minimum Gasteiger partial charge on any atom is -0.422 e. The largest absolute Gasteiger partial charge is 0.422 e. The molecule has 152 valence electrons. The number of nitrogens with one attached hydrogen (secondary N) is 1. The number of hydrazone groups is 1. The quantitative estimate of drug-likeness (QED) is 0.177. The summed E-state index contributed by atoms with van der Waals surface area (Å²) in [4.78, 5) is 36.9. The molecule has 0 aliphatic heterocycles. The van der Waals surface area contributed by atoms with E-state index >= 15 is 0 Å². The summed E-state index contributed by atoms with van der Waals surface area (Å²) >= 11 is 0. The Kier molecular flexibility index (Phi) is 5.66. The molecule has 0 aliphatic carbocycles. The third-order valence-electron chi connectivity index (χ3n) is 4.39. The molecule has 0 aliphatic rings. The standard InChI is InChI=1S/C24H16N2O5/c27-22(16-8-2-1-3-9-16)26-25-15-18-11-5-7-13-21(18)31-24(29)19-14-17-10-4-6-12-20(17)30-23(19)28/h1-15H,(H,26,27)/b25-15-. The third kappa shape index (κ3) is 4.56. The van der Waals surface area contributed by atoms with Gasteiger partial charge in [0.2, 0.25) is 0 Å². The maximum Gasteiger partial charge on any atom is 0.351 e. The summed E-state index contributed by atoms with van der Waals surface area (Å²) < 4.78 is 10.6. The number of rotatable bonds is 5. The number of hydrogen-bond donors (Lipinski definition) is 1. The van der Waals surface area contributed by atoms with Gasteiger partial charge < -0.3 is 9.15 Å². The number of nitrogens with zero attached hydrogens (tertiary/aromatic N) is 1. The zero-order valence-electron chi connectivity index (χ0n) is 16.1. The maximum atomic E-state index is 12.6. The van der Waals surface area contributed by atoms with Crippen molar-refractivity contribution >= 4 is 29.1 Å². The summed E-state index contributed by atoms with van der Waals surface area (Å²) in [5, 5.41) is 4.53. The first-order valence-corrected chi connectivity index (χ1v) is 9.34. The molecular formula is C24H16N2O5. The number of amides is 1. The first-order valence-electron chi connectivity index (χ1n) is 9.34. The van der Waals surface area contributed by atoms with Crippen LogP contribution in [0.15, 0.2) is 99.2 Å². The van der Waals surface area contributed by atoms with Crippen LogP contribution >= 0.6 is 0 Å². The van der Waals surface area contributed by atoms with Crippen molar-refractivity contribution in [2.24, 2.45) is 5.10 Å². The van der Waals surface area contributed by atoms with Gasteiger partial charge >= 0.3 is 11.6 Å². The highest BCUT2D eigenvalue weighted by Crippen LogP contribution is 2.18. The highest BCUT2D eigenvalue weighted by molar-refractivity contribution is 5.96. The Hall–Kier alpha value is -4.52. The lowest BCUT2D eigenvalue weighted by atomic mass is 10.2. The highest BCUT2D eigenvalue weighted by atomic mass is 16.5. The zero-order valence-corrected chi connectivity index (χ0v) is 16.1. The SMILES string of the molecule is O=C(N/N=C\c1ccccc1OC(=O)c1cc2ccccc2oc1=O)c1ccccc1. The van der Waals surface area contributed by atoms with Gasteiger partial charge in [-0.25, -0.2) is 15.0 Å². The van der Waals surface area contributed by atoms with E-state index in [0.29, 0.717) is 22.1 Å². The van der Waals surface area contributed by atoms with Gasteiger partial charge in [-0.15, -0.1) is 0 Å². The van der Waals surface area contributed by atoms with Crippen LogP contribution in [0.4, 0.5) is 0 Å². The minimum atomic E-state index is -0.853. The summed E-state index contributed by atoms with van der Waals surface area (Å²) in [6.07, 6.45) is 1.35. The molecule has 0 saturated heterocycles. The summed E-state index contributed by atoms with van der Waals surface area (Å²) in [6, 6.07) is 23.5. The highest BCUT2D eigenvalue weighted by Gasteiger charge is 2.17. The van der Waals surface area contributed by atoms with Crippen molar-refractivity contribution in [2.75, 3.05) is 0 Å². The number of ether oxygens (including phenoxy) is 1. The van der Waals surface area contributed by atoms with E-state index in [2.05, 4.69) is 10.5 Å². The van der Waals surface area contributed by atoms with E-state index in [1.807, 2.05) is 0 Å². The molecule has 4 aromatic rings. The number of fused-ring (bicyclic) bond motifs is 1. The van der Waals surface area contributed by atoms with E-state index in [0.717, 1.165) is 0 Å². The van der Waals surface area contributed by atoms with Crippen LogP contribution in [-0.2, 0) is 0 Å². The number of para-hydroxylation sites is 2. The molecule has 31 heavy (non-hydrogen) atoms. The fraction of sp³-hybridized carbons (Fsp3) is 0. The molecule has 0 spiro atoms. The summed E-state index contributed by atoms with van der Waals surface area (Å²) in [5.41, 5.74) is 2.69. The second-order valence-corrected chi connectivity index (χ2v) is 6.48. The van der Waals surface area contributed by atoms with Crippen molar-refractivity contribution in [1.29, 1.82) is 0 Å². The Morgan fingerprint density at radius 2 is 1.61 bits per heavy atom. The molecule has 7 nitrogen and oxygen atoms in total. The van der Waals surface area contributed by atoms with Crippen molar-refractivity contribution in [1.82, 2.24) is 5.43 Å². The average Bonchev–Trinajstić information content (AvgIpc) is 2.80. The van der Waals surface area contributed by atoms with Gasteiger partial charge in [-0.3, -0.25) is 4.79 Å². The van der Waals surface area contributed by atoms with Gasteiger partial charge in [-0.05, 0) is 36.4 Å². The summed E-state index contributed by atoms with van der Waals surface area (Å²) in [6.45, 7) is 0. The number of benzene rings is 3. The van der Waals surface area contributed by atoms with E-state index < -0.39 is 11.6 Å². The van der Waals surface area contributed by atoms with E-state index in [9.17, 15) is 14.4 Å². The van der Waals surface area contributed by atoms with Crippen molar-refractivity contribution in [3.63, 3.8) is 0 Å². The fourth-order valence-electron chi connectivity index (χ4n) is 2.85. The molecule has 0 fully saturated rings. The smallest absolute Gasteiger partial charge is 0.351 e. The van der Waals surface area contributed by atoms with Gasteiger partial charge in [-0.1, -0.05) is 48.5 Å². The van der Waals surface area contributed by atoms with Crippen molar-refractivity contribution in [3.05, 3.63) is 112 Å². The van der Waals surface area contributed by atoms with Crippen LogP contribution in [0.3, 0.4) is 0 Å². The normalized spacial score (nSPS) is 10.8.